The minimum absolute atomic E-state index is 0.162. The van der Waals surface area contributed by atoms with E-state index in [0.29, 0.717) is 29.3 Å². The average molecular weight is 343 g/mol. The standard InChI is InChI=1S/C20H25NO4/c1-6-25-20(23)18-14(4)21(12-13(2)3)19(22)17(18)11-15-7-9-16(24-5)10-8-15/h7-11,13H,6,12H2,1-5H3/b17-11+. The van der Waals surface area contributed by atoms with Crippen molar-refractivity contribution in [3.8, 4) is 5.75 Å². The van der Waals surface area contributed by atoms with E-state index in [1.165, 1.54) is 0 Å². The largest absolute Gasteiger partial charge is 0.497 e. The number of carbonyl (C=O) groups is 2. The third kappa shape index (κ3) is 4.10. The first kappa shape index (κ1) is 18.8. The molecule has 1 aromatic rings. The van der Waals surface area contributed by atoms with Crippen molar-refractivity contribution < 1.29 is 19.1 Å². The number of carbonyl (C=O) groups excluding carboxylic acids is 2. The van der Waals surface area contributed by atoms with Crippen molar-refractivity contribution in [1.82, 2.24) is 4.90 Å². The zero-order valence-corrected chi connectivity index (χ0v) is 15.5. The van der Waals surface area contributed by atoms with Crippen molar-refractivity contribution in [1.29, 1.82) is 0 Å². The van der Waals surface area contributed by atoms with Crippen molar-refractivity contribution in [2.75, 3.05) is 20.3 Å². The molecule has 1 amide bonds. The predicted molar refractivity (Wildman–Crippen MR) is 96.9 cm³/mol. The van der Waals surface area contributed by atoms with Crippen LogP contribution in [-0.2, 0) is 14.3 Å². The topological polar surface area (TPSA) is 55.8 Å². The third-order valence-corrected chi connectivity index (χ3v) is 3.97. The van der Waals surface area contributed by atoms with Crippen LogP contribution in [0.15, 0.2) is 41.1 Å². The molecule has 0 saturated heterocycles. The van der Waals surface area contributed by atoms with Crippen LogP contribution in [0.4, 0.5) is 0 Å². The zero-order chi connectivity index (χ0) is 18.6. The van der Waals surface area contributed by atoms with Crippen molar-refractivity contribution in [3.05, 3.63) is 46.7 Å². The smallest absolute Gasteiger partial charge is 0.340 e. The Morgan fingerprint density at radius 3 is 2.40 bits per heavy atom. The van der Waals surface area contributed by atoms with Gasteiger partial charge in [0, 0.05) is 12.2 Å². The summed E-state index contributed by atoms with van der Waals surface area (Å²) in [5.74, 6) is 0.408. The van der Waals surface area contributed by atoms with E-state index in [9.17, 15) is 9.59 Å². The Morgan fingerprint density at radius 2 is 1.88 bits per heavy atom. The summed E-state index contributed by atoms with van der Waals surface area (Å²) in [6.45, 7) is 8.45. The summed E-state index contributed by atoms with van der Waals surface area (Å²) in [5.41, 5.74) is 2.20. The van der Waals surface area contributed by atoms with E-state index in [1.807, 2.05) is 38.1 Å². The zero-order valence-electron chi connectivity index (χ0n) is 15.5. The molecule has 2 rings (SSSR count). The molecule has 5 nitrogen and oxygen atoms in total. The maximum absolute atomic E-state index is 12.9. The molecule has 1 aromatic carbocycles. The number of hydrogen-bond donors (Lipinski definition) is 0. The summed E-state index contributed by atoms with van der Waals surface area (Å²) in [4.78, 5) is 27.0. The van der Waals surface area contributed by atoms with E-state index in [2.05, 4.69) is 0 Å². The molecular weight excluding hydrogens is 318 g/mol. The second kappa shape index (κ2) is 8.01. The van der Waals surface area contributed by atoms with Crippen LogP contribution >= 0.6 is 0 Å². The van der Waals surface area contributed by atoms with Gasteiger partial charge in [-0.25, -0.2) is 4.79 Å². The lowest BCUT2D eigenvalue weighted by Crippen LogP contribution is -2.28. The monoisotopic (exact) mass is 343 g/mol. The lowest BCUT2D eigenvalue weighted by molar-refractivity contribution is -0.138. The van der Waals surface area contributed by atoms with Gasteiger partial charge >= 0.3 is 5.97 Å². The van der Waals surface area contributed by atoms with Gasteiger partial charge in [-0.05, 0) is 43.5 Å². The molecule has 0 fully saturated rings. The fraction of sp³-hybridized carbons (Fsp3) is 0.400. The summed E-state index contributed by atoms with van der Waals surface area (Å²) in [6, 6.07) is 7.33. The normalized spacial score (nSPS) is 16.2. The maximum Gasteiger partial charge on any atom is 0.340 e. The van der Waals surface area contributed by atoms with Gasteiger partial charge in [0.25, 0.3) is 5.91 Å². The van der Waals surface area contributed by atoms with E-state index in [0.717, 1.165) is 11.3 Å². The van der Waals surface area contributed by atoms with Gasteiger partial charge in [0.2, 0.25) is 0 Å². The number of benzene rings is 1. The molecule has 0 aromatic heterocycles. The van der Waals surface area contributed by atoms with E-state index in [4.69, 9.17) is 9.47 Å². The molecule has 1 heterocycles. The summed E-state index contributed by atoms with van der Waals surface area (Å²) >= 11 is 0. The highest BCUT2D eigenvalue weighted by Gasteiger charge is 2.37. The van der Waals surface area contributed by atoms with Gasteiger partial charge in [0.1, 0.15) is 5.75 Å². The molecule has 5 heteroatoms. The van der Waals surface area contributed by atoms with Gasteiger partial charge in [0.15, 0.2) is 0 Å². The number of hydrogen-bond acceptors (Lipinski definition) is 4. The Bertz CT molecular complexity index is 714. The lowest BCUT2D eigenvalue weighted by atomic mass is 10.0. The number of amides is 1. The molecule has 0 atom stereocenters. The number of allylic oxidation sites excluding steroid dienone is 1. The third-order valence-electron chi connectivity index (χ3n) is 3.97. The number of nitrogens with zero attached hydrogens (tertiary/aromatic N) is 1. The maximum atomic E-state index is 12.9. The van der Waals surface area contributed by atoms with Crippen LogP contribution in [0, 0.1) is 5.92 Å². The first-order chi connectivity index (χ1) is 11.9. The van der Waals surface area contributed by atoms with Crippen molar-refractivity contribution >= 4 is 18.0 Å². The van der Waals surface area contributed by atoms with Crippen molar-refractivity contribution in [3.63, 3.8) is 0 Å². The second-order valence-electron chi connectivity index (χ2n) is 6.32. The van der Waals surface area contributed by atoms with Gasteiger partial charge in [-0.1, -0.05) is 26.0 Å². The Hall–Kier alpha value is -2.56. The minimum Gasteiger partial charge on any atom is -0.497 e. The SMILES string of the molecule is CCOC(=O)C1=C(C)N(CC(C)C)C(=O)/C1=C/c1ccc(OC)cc1. The average Bonchev–Trinajstić information content (AvgIpc) is 2.80. The Balaban J connectivity index is 2.46. The summed E-state index contributed by atoms with van der Waals surface area (Å²) in [6.07, 6.45) is 1.73. The van der Waals surface area contributed by atoms with Gasteiger partial charge in [-0.15, -0.1) is 0 Å². The Morgan fingerprint density at radius 1 is 1.24 bits per heavy atom. The van der Waals surface area contributed by atoms with Crippen LogP contribution in [0.5, 0.6) is 5.75 Å². The fourth-order valence-electron chi connectivity index (χ4n) is 2.78. The molecule has 0 radical (unpaired) electrons. The van der Waals surface area contributed by atoms with E-state index >= 15 is 0 Å². The molecular formula is C20H25NO4. The van der Waals surface area contributed by atoms with Crippen molar-refractivity contribution in [2.24, 2.45) is 5.92 Å². The molecule has 0 N–H and O–H groups in total. The molecule has 0 unspecified atom stereocenters. The summed E-state index contributed by atoms with van der Waals surface area (Å²) in [5, 5.41) is 0. The number of esters is 1. The highest BCUT2D eigenvalue weighted by molar-refractivity contribution is 6.16. The first-order valence-corrected chi connectivity index (χ1v) is 8.45. The molecule has 134 valence electrons. The highest BCUT2D eigenvalue weighted by atomic mass is 16.5. The minimum atomic E-state index is -0.459. The van der Waals surface area contributed by atoms with Gasteiger partial charge in [-0.3, -0.25) is 4.79 Å². The van der Waals surface area contributed by atoms with Gasteiger partial charge in [-0.2, -0.15) is 0 Å². The van der Waals surface area contributed by atoms with E-state index in [1.54, 1.807) is 31.9 Å². The van der Waals surface area contributed by atoms with Crippen LogP contribution < -0.4 is 4.74 Å². The Labute approximate surface area is 148 Å². The molecule has 0 bridgehead atoms. The van der Waals surface area contributed by atoms with E-state index in [-0.39, 0.29) is 12.5 Å². The molecule has 25 heavy (non-hydrogen) atoms. The quantitative estimate of drug-likeness (QED) is 0.587. The predicted octanol–water partition coefficient (Wildman–Crippen LogP) is 3.41. The molecule has 0 saturated carbocycles. The van der Waals surface area contributed by atoms with Crippen LogP contribution in [0.2, 0.25) is 0 Å². The van der Waals surface area contributed by atoms with Gasteiger partial charge in [0.05, 0.1) is 24.9 Å². The lowest BCUT2D eigenvalue weighted by Gasteiger charge is -2.19. The van der Waals surface area contributed by atoms with Crippen LogP contribution in [0.3, 0.4) is 0 Å². The van der Waals surface area contributed by atoms with Crippen LogP contribution in [0.1, 0.15) is 33.3 Å². The fourth-order valence-corrected chi connectivity index (χ4v) is 2.78. The number of ether oxygens (including phenoxy) is 2. The van der Waals surface area contributed by atoms with Crippen LogP contribution in [0.25, 0.3) is 6.08 Å². The molecule has 0 aliphatic carbocycles. The van der Waals surface area contributed by atoms with Gasteiger partial charge < -0.3 is 14.4 Å². The first-order valence-electron chi connectivity index (χ1n) is 8.45. The second-order valence-corrected chi connectivity index (χ2v) is 6.32. The molecule has 1 aliphatic heterocycles. The van der Waals surface area contributed by atoms with E-state index < -0.39 is 5.97 Å². The summed E-state index contributed by atoms with van der Waals surface area (Å²) < 4.78 is 10.3. The Kier molecular flexibility index (Phi) is 6.02. The molecule has 0 spiro atoms. The number of rotatable bonds is 6. The van der Waals surface area contributed by atoms with Crippen molar-refractivity contribution in [2.45, 2.75) is 27.7 Å². The van der Waals surface area contributed by atoms with Crippen LogP contribution in [-0.4, -0.2) is 37.0 Å². The number of methoxy groups -OCH3 is 1. The summed E-state index contributed by atoms with van der Waals surface area (Å²) in [7, 11) is 1.60. The highest BCUT2D eigenvalue weighted by Crippen LogP contribution is 2.32. The molecule has 1 aliphatic rings.